The molecule has 2 nitrogen and oxygen atoms in total. The molecule has 6 heteroatoms. The highest BCUT2D eigenvalue weighted by Crippen LogP contribution is 2.34. The average molecular weight is 337 g/mol. The summed E-state index contributed by atoms with van der Waals surface area (Å²) in [4.78, 5) is 2.40. The van der Waals surface area contributed by atoms with E-state index in [4.69, 9.17) is 39.5 Å². The van der Waals surface area contributed by atoms with E-state index in [1.54, 1.807) is 23.5 Å². The summed E-state index contributed by atoms with van der Waals surface area (Å²) in [6.07, 6.45) is 0. The maximum absolute atomic E-state index is 6.05. The average Bonchev–Trinajstić information content (AvgIpc) is 2.80. The smallest absolute Gasteiger partial charge is 0.140 e. The number of thiophene rings is 1. The van der Waals surface area contributed by atoms with Gasteiger partial charge in [0.1, 0.15) is 12.4 Å². The van der Waals surface area contributed by atoms with Crippen molar-refractivity contribution in [2.24, 2.45) is 0 Å². The van der Waals surface area contributed by atoms with Crippen molar-refractivity contribution < 1.29 is 4.74 Å². The molecule has 102 valence electrons. The second-order valence-electron chi connectivity index (χ2n) is 3.88. The Morgan fingerprint density at radius 1 is 1.05 bits per heavy atom. The van der Waals surface area contributed by atoms with E-state index in [2.05, 4.69) is 11.4 Å². The van der Waals surface area contributed by atoms with Crippen molar-refractivity contribution in [3.05, 3.63) is 49.1 Å². The Hall–Kier alpha value is -0.450. The molecule has 1 aromatic heterocycles. The highest BCUT2D eigenvalue weighted by atomic mass is 35.5. The van der Waals surface area contributed by atoms with E-state index in [1.807, 2.05) is 13.1 Å². The zero-order valence-corrected chi connectivity index (χ0v) is 13.3. The zero-order valence-electron chi connectivity index (χ0n) is 10.2. The first-order valence-corrected chi connectivity index (χ1v) is 7.54. The van der Waals surface area contributed by atoms with Crippen molar-refractivity contribution in [2.45, 2.75) is 13.2 Å². The van der Waals surface area contributed by atoms with Crippen LogP contribution >= 0.6 is 46.1 Å². The van der Waals surface area contributed by atoms with E-state index < -0.39 is 0 Å². The van der Waals surface area contributed by atoms with E-state index >= 15 is 0 Å². The van der Waals surface area contributed by atoms with Crippen LogP contribution < -0.4 is 10.1 Å². The predicted octanol–water partition coefficient (Wildman–Crippen LogP) is 5.01. The molecular formula is C13H12Cl3NOS. The van der Waals surface area contributed by atoms with Crippen LogP contribution in [-0.2, 0) is 13.2 Å². The Morgan fingerprint density at radius 3 is 2.47 bits per heavy atom. The third kappa shape index (κ3) is 4.01. The number of ether oxygens (including phenoxy) is 1. The van der Waals surface area contributed by atoms with Crippen LogP contribution in [0.2, 0.25) is 15.1 Å². The lowest BCUT2D eigenvalue weighted by Crippen LogP contribution is -2.02. The van der Waals surface area contributed by atoms with Crippen LogP contribution in [0.4, 0.5) is 0 Å². The van der Waals surface area contributed by atoms with Gasteiger partial charge in [-0.25, -0.2) is 0 Å². The predicted molar refractivity (Wildman–Crippen MR) is 82.9 cm³/mol. The van der Waals surface area contributed by atoms with Gasteiger partial charge >= 0.3 is 0 Å². The van der Waals surface area contributed by atoms with Gasteiger partial charge in [0.2, 0.25) is 0 Å². The Balaban J connectivity index is 2.03. The molecule has 0 radical (unpaired) electrons. The molecule has 0 spiro atoms. The largest absolute Gasteiger partial charge is 0.486 e. The molecule has 0 fully saturated rings. The maximum atomic E-state index is 6.05. The lowest BCUT2D eigenvalue weighted by molar-refractivity contribution is 0.310. The van der Waals surface area contributed by atoms with E-state index in [0.29, 0.717) is 27.4 Å². The van der Waals surface area contributed by atoms with Crippen LogP contribution in [0.5, 0.6) is 5.75 Å². The second-order valence-corrected chi connectivity index (χ2v) is 6.36. The molecular weight excluding hydrogens is 325 g/mol. The van der Waals surface area contributed by atoms with Crippen molar-refractivity contribution >= 4 is 46.1 Å². The van der Waals surface area contributed by atoms with E-state index in [9.17, 15) is 0 Å². The molecule has 0 saturated heterocycles. The van der Waals surface area contributed by atoms with Gasteiger partial charge in [0.25, 0.3) is 0 Å². The number of rotatable bonds is 5. The van der Waals surface area contributed by atoms with Gasteiger partial charge in [-0.05, 0) is 25.2 Å². The maximum Gasteiger partial charge on any atom is 0.140 e. The van der Waals surface area contributed by atoms with Crippen LogP contribution in [0.25, 0.3) is 0 Å². The standard InChI is InChI=1S/C13H12Cl3NOS/c1-17-6-8-2-3-9(19-8)7-18-13-5-11(15)10(14)4-12(13)16/h2-5,17H,6-7H2,1H3. The molecule has 2 rings (SSSR count). The van der Waals surface area contributed by atoms with Crippen molar-refractivity contribution in [1.29, 1.82) is 0 Å². The highest BCUT2D eigenvalue weighted by molar-refractivity contribution is 7.11. The minimum atomic E-state index is 0.423. The van der Waals surface area contributed by atoms with E-state index in [0.717, 1.165) is 11.4 Å². The summed E-state index contributed by atoms with van der Waals surface area (Å²) < 4.78 is 5.67. The molecule has 0 aliphatic carbocycles. The Kier molecular flexibility index (Phi) is 5.37. The van der Waals surface area contributed by atoms with Crippen LogP contribution in [0, 0.1) is 0 Å². The normalized spacial score (nSPS) is 10.7. The molecule has 0 atom stereocenters. The number of hydrogen-bond acceptors (Lipinski definition) is 3. The number of benzene rings is 1. The van der Waals surface area contributed by atoms with Gasteiger partial charge in [0.15, 0.2) is 0 Å². The van der Waals surface area contributed by atoms with Gasteiger partial charge in [-0.15, -0.1) is 11.3 Å². The fourth-order valence-corrected chi connectivity index (χ4v) is 3.07. The highest BCUT2D eigenvalue weighted by Gasteiger charge is 2.08. The van der Waals surface area contributed by atoms with Gasteiger partial charge in [-0.2, -0.15) is 0 Å². The van der Waals surface area contributed by atoms with E-state index in [-0.39, 0.29) is 0 Å². The van der Waals surface area contributed by atoms with E-state index in [1.165, 1.54) is 4.88 Å². The summed E-state index contributed by atoms with van der Waals surface area (Å²) in [6.45, 7) is 1.32. The summed E-state index contributed by atoms with van der Waals surface area (Å²) >= 11 is 19.5. The van der Waals surface area contributed by atoms with Crippen LogP contribution in [0.3, 0.4) is 0 Å². The number of halogens is 3. The molecule has 0 aliphatic rings. The molecule has 1 N–H and O–H groups in total. The number of nitrogens with one attached hydrogen (secondary N) is 1. The summed E-state index contributed by atoms with van der Waals surface area (Å²) in [5.74, 6) is 0.541. The van der Waals surface area contributed by atoms with Crippen molar-refractivity contribution in [3.8, 4) is 5.75 Å². The lowest BCUT2D eigenvalue weighted by Gasteiger charge is -2.08. The molecule has 0 bridgehead atoms. The minimum Gasteiger partial charge on any atom is -0.486 e. The summed E-state index contributed by atoms with van der Waals surface area (Å²) in [5, 5.41) is 4.43. The summed E-state index contributed by atoms with van der Waals surface area (Å²) in [6, 6.07) is 7.34. The van der Waals surface area contributed by atoms with Gasteiger partial charge < -0.3 is 10.1 Å². The van der Waals surface area contributed by atoms with Gasteiger partial charge in [0, 0.05) is 22.4 Å². The van der Waals surface area contributed by atoms with Gasteiger partial charge in [-0.3, -0.25) is 0 Å². The SMILES string of the molecule is CNCc1ccc(COc2cc(Cl)c(Cl)cc2Cl)s1. The molecule has 0 amide bonds. The first-order chi connectivity index (χ1) is 9.10. The van der Waals surface area contributed by atoms with Crippen molar-refractivity contribution in [1.82, 2.24) is 5.32 Å². The van der Waals surface area contributed by atoms with Gasteiger partial charge in [0.05, 0.1) is 15.1 Å². The Bertz CT molecular complexity index is 571. The topological polar surface area (TPSA) is 21.3 Å². The van der Waals surface area contributed by atoms with Crippen molar-refractivity contribution in [2.75, 3.05) is 7.05 Å². The zero-order chi connectivity index (χ0) is 13.8. The summed E-state index contributed by atoms with van der Waals surface area (Å²) in [7, 11) is 1.92. The fraction of sp³-hybridized carbons (Fsp3) is 0.231. The molecule has 1 aromatic carbocycles. The third-order valence-corrected chi connectivity index (χ3v) is 4.49. The monoisotopic (exact) mass is 335 g/mol. The quantitative estimate of drug-likeness (QED) is 0.775. The first kappa shape index (κ1) is 14.9. The van der Waals surface area contributed by atoms with Crippen LogP contribution in [0.15, 0.2) is 24.3 Å². The van der Waals surface area contributed by atoms with Crippen LogP contribution in [0.1, 0.15) is 9.75 Å². The lowest BCUT2D eigenvalue weighted by atomic mass is 10.3. The minimum absolute atomic E-state index is 0.423. The molecule has 0 saturated carbocycles. The summed E-state index contributed by atoms with van der Waals surface area (Å²) in [5.41, 5.74) is 0. The second kappa shape index (κ2) is 6.82. The molecule has 1 heterocycles. The Morgan fingerprint density at radius 2 is 1.74 bits per heavy atom. The van der Waals surface area contributed by atoms with Crippen molar-refractivity contribution in [3.63, 3.8) is 0 Å². The molecule has 0 aliphatic heterocycles. The van der Waals surface area contributed by atoms with Crippen LogP contribution in [-0.4, -0.2) is 7.05 Å². The molecule has 19 heavy (non-hydrogen) atoms. The number of hydrogen-bond donors (Lipinski definition) is 1. The fourth-order valence-electron chi connectivity index (χ4n) is 1.53. The first-order valence-electron chi connectivity index (χ1n) is 5.59. The molecule has 2 aromatic rings. The van der Waals surface area contributed by atoms with Gasteiger partial charge in [-0.1, -0.05) is 34.8 Å². The third-order valence-electron chi connectivity index (χ3n) is 2.41. The molecule has 0 unspecified atom stereocenters. The Labute approximate surface area is 131 Å².